The number of para-hydroxylation sites is 2. The number of nitrogens with zero attached hydrogens (tertiary/aromatic N) is 3. The summed E-state index contributed by atoms with van der Waals surface area (Å²) in [5.41, 5.74) is 3.55. The molecule has 0 unspecified atom stereocenters. The minimum atomic E-state index is -0.502. The molecule has 1 saturated heterocycles. The van der Waals surface area contributed by atoms with Crippen molar-refractivity contribution >= 4 is 17.0 Å². The van der Waals surface area contributed by atoms with Crippen LogP contribution in [0.2, 0.25) is 0 Å². The number of aromatic nitrogens is 1. The number of oxazole rings is 1. The lowest BCUT2D eigenvalue weighted by Gasteiger charge is -2.22. The van der Waals surface area contributed by atoms with E-state index in [1.54, 1.807) is 30.1 Å². The highest BCUT2D eigenvalue weighted by atomic mass is 16.4. The highest BCUT2D eigenvalue weighted by molar-refractivity contribution is 5.79. The number of fused-ring (bicyclic) bond motifs is 1. The number of carbonyl (C=O) groups is 1. The van der Waals surface area contributed by atoms with Gasteiger partial charge in [0.15, 0.2) is 5.58 Å². The van der Waals surface area contributed by atoms with E-state index < -0.39 is 5.76 Å². The summed E-state index contributed by atoms with van der Waals surface area (Å²) < 4.78 is 6.62. The van der Waals surface area contributed by atoms with E-state index in [9.17, 15) is 9.59 Å². The van der Waals surface area contributed by atoms with E-state index in [4.69, 9.17) is 4.42 Å². The predicted molar refractivity (Wildman–Crippen MR) is 108 cm³/mol. The van der Waals surface area contributed by atoms with Crippen LogP contribution in [0.5, 0.6) is 0 Å². The molecular formula is C22H25N3O3. The molecule has 28 heavy (non-hydrogen) atoms. The van der Waals surface area contributed by atoms with E-state index in [1.165, 1.54) is 23.0 Å². The number of hydrogen-bond acceptors (Lipinski definition) is 4. The summed E-state index contributed by atoms with van der Waals surface area (Å²) >= 11 is 0. The van der Waals surface area contributed by atoms with Gasteiger partial charge in [0, 0.05) is 20.1 Å². The van der Waals surface area contributed by atoms with Crippen LogP contribution in [0.15, 0.2) is 57.7 Å². The van der Waals surface area contributed by atoms with Crippen molar-refractivity contribution in [2.75, 3.05) is 20.1 Å². The van der Waals surface area contributed by atoms with Crippen LogP contribution in [0.25, 0.3) is 11.1 Å². The van der Waals surface area contributed by atoms with E-state index in [-0.39, 0.29) is 12.5 Å². The first kappa shape index (κ1) is 18.5. The molecule has 0 spiro atoms. The number of benzene rings is 2. The molecule has 4 rings (SSSR count). The minimum Gasteiger partial charge on any atom is -0.408 e. The summed E-state index contributed by atoms with van der Waals surface area (Å²) in [5.74, 6) is -0.623. The molecule has 0 bridgehead atoms. The van der Waals surface area contributed by atoms with Gasteiger partial charge < -0.3 is 9.32 Å². The first-order chi connectivity index (χ1) is 13.6. The lowest BCUT2D eigenvalue weighted by molar-refractivity contribution is -0.131. The lowest BCUT2D eigenvalue weighted by Crippen LogP contribution is -2.32. The smallest absolute Gasteiger partial charge is 0.408 e. The Bertz CT molecular complexity index is 1030. The number of rotatable bonds is 6. The van der Waals surface area contributed by atoms with E-state index in [2.05, 4.69) is 17.0 Å². The fourth-order valence-corrected chi connectivity index (χ4v) is 3.81. The zero-order chi connectivity index (χ0) is 19.5. The Kier molecular flexibility index (Phi) is 5.30. The molecule has 1 aromatic heterocycles. The van der Waals surface area contributed by atoms with Gasteiger partial charge in [-0.15, -0.1) is 0 Å². The highest BCUT2D eigenvalue weighted by Gasteiger charge is 2.18. The molecule has 0 atom stereocenters. The molecule has 0 N–H and O–H groups in total. The third-order valence-corrected chi connectivity index (χ3v) is 5.41. The van der Waals surface area contributed by atoms with Gasteiger partial charge in [-0.25, -0.2) is 4.79 Å². The van der Waals surface area contributed by atoms with Gasteiger partial charge in [0.25, 0.3) is 0 Å². The molecule has 3 aromatic rings. The fraction of sp³-hybridized carbons (Fsp3) is 0.364. The number of hydrogen-bond donors (Lipinski definition) is 0. The number of amides is 1. The van der Waals surface area contributed by atoms with Gasteiger partial charge in [0.2, 0.25) is 5.91 Å². The van der Waals surface area contributed by atoms with Crippen LogP contribution in [0, 0.1) is 0 Å². The third kappa shape index (κ3) is 3.87. The maximum Gasteiger partial charge on any atom is 0.420 e. The maximum atomic E-state index is 12.8. The van der Waals surface area contributed by atoms with Crippen LogP contribution in [-0.2, 0) is 24.4 Å². The van der Waals surface area contributed by atoms with E-state index in [1.807, 2.05) is 18.2 Å². The summed E-state index contributed by atoms with van der Waals surface area (Å²) in [7, 11) is 1.78. The second-order valence-electron chi connectivity index (χ2n) is 7.42. The van der Waals surface area contributed by atoms with E-state index in [0.717, 1.165) is 25.2 Å². The van der Waals surface area contributed by atoms with Gasteiger partial charge in [-0.2, -0.15) is 0 Å². The Morgan fingerprint density at radius 2 is 1.71 bits per heavy atom. The van der Waals surface area contributed by atoms with E-state index >= 15 is 0 Å². The third-order valence-electron chi connectivity index (χ3n) is 5.41. The minimum absolute atomic E-state index is 0.0271. The van der Waals surface area contributed by atoms with Crippen molar-refractivity contribution in [2.45, 2.75) is 32.5 Å². The zero-order valence-electron chi connectivity index (χ0n) is 16.1. The zero-order valence-corrected chi connectivity index (χ0v) is 16.1. The van der Waals surface area contributed by atoms with Crippen molar-refractivity contribution in [2.24, 2.45) is 0 Å². The van der Waals surface area contributed by atoms with Crippen LogP contribution in [0.1, 0.15) is 24.0 Å². The molecule has 2 heterocycles. The molecule has 1 aliphatic heterocycles. The summed E-state index contributed by atoms with van der Waals surface area (Å²) in [6, 6.07) is 15.4. The molecule has 146 valence electrons. The Labute approximate surface area is 164 Å². The van der Waals surface area contributed by atoms with Crippen molar-refractivity contribution in [3.63, 3.8) is 0 Å². The average Bonchev–Trinajstić information content (AvgIpc) is 3.31. The molecule has 2 aromatic carbocycles. The molecule has 1 aliphatic rings. The Morgan fingerprint density at radius 3 is 2.50 bits per heavy atom. The molecule has 6 nitrogen and oxygen atoms in total. The number of carbonyl (C=O) groups excluding carboxylic acids is 1. The van der Waals surface area contributed by atoms with Crippen molar-refractivity contribution in [1.82, 2.24) is 14.4 Å². The standard InChI is InChI=1S/C22H25N3O3/c1-23(14-17-8-2-3-9-18(17)15-24-12-6-7-13-24)21(26)16-25-19-10-4-5-11-20(19)28-22(25)27/h2-5,8-11H,6-7,12-16H2,1H3. The van der Waals surface area contributed by atoms with Gasteiger partial charge in [-0.3, -0.25) is 14.3 Å². The van der Waals surface area contributed by atoms with Gasteiger partial charge in [-0.05, 0) is 49.2 Å². The first-order valence-corrected chi connectivity index (χ1v) is 9.73. The average molecular weight is 379 g/mol. The number of likely N-dealkylation sites (N-methyl/N-ethyl adjacent to an activating group) is 1. The molecular weight excluding hydrogens is 354 g/mol. The summed E-state index contributed by atoms with van der Waals surface area (Å²) in [6.45, 7) is 3.69. The van der Waals surface area contributed by atoms with Gasteiger partial charge in [0.1, 0.15) is 6.54 Å². The monoisotopic (exact) mass is 379 g/mol. The summed E-state index contributed by atoms with van der Waals surface area (Å²) in [6.07, 6.45) is 2.52. The van der Waals surface area contributed by atoms with Crippen LogP contribution in [0.3, 0.4) is 0 Å². The molecule has 1 fully saturated rings. The summed E-state index contributed by atoms with van der Waals surface area (Å²) in [5, 5.41) is 0. The Balaban J connectivity index is 1.47. The van der Waals surface area contributed by atoms with E-state index in [0.29, 0.717) is 17.6 Å². The van der Waals surface area contributed by atoms with Crippen molar-refractivity contribution < 1.29 is 9.21 Å². The van der Waals surface area contributed by atoms with Crippen molar-refractivity contribution in [1.29, 1.82) is 0 Å². The predicted octanol–water partition coefficient (Wildman–Crippen LogP) is 2.85. The SMILES string of the molecule is CN(Cc1ccccc1CN1CCCC1)C(=O)Cn1c(=O)oc2ccccc21. The quantitative estimate of drug-likeness (QED) is 0.661. The topological polar surface area (TPSA) is 58.7 Å². The Hall–Kier alpha value is -2.86. The molecule has 1 amide bonds. The van der Waals surface area contributed by atoms with Crippen molar-refractivity contribution in [3.8, 4) is 0 Å². The highest BCUT2D eigenvalue weighted by Crippen LogP contribution is 2.18. The van der Waals surface area contributed by atoms with Gasteiger partial charge >= 0.3 is 5.76 Å². The van der Waals surface area contributed by atoms with Gasteiger partial charge in [-0.1, -0.05) is 36.4 Å². The first-order valence-electron chi connectivity index (χ1n) is 9.73. The largest absolute Gasteiger partial charge is 0.420 e. The Morgan fingerprint density at radius 1 is 1.04 bits per heavy atom. The molecule has 0 radical (unpaired) electrons. The molecule has 0 aliphatic carbocycles. The van der Waals surface area contributed by atoms with Gasteiger partial charge in [0.05, 0.1) is 5.52 Å². The number of likely N-dealkylation sites (tertiary alicyclic amines) is 1. The normalized spacial score (nSPS) is 14.6. The second kappa shape index (κ2) is 8.02. The lowest BCUT2D eigenvalue weighted by atomic mass is 10.1. The maximum absolute atomic E-state index is 12.8. The molecule has 0 saturated carbocycles. The van der Waals surface area contributed by atoms with Crippen LogP contribution >= 0.6 is 0 Å². The van der Waals surface area contributed by atoms with Crippen LogP contribution < -0.4 is 5.76 Å². The fourth-order valence-electron chi connectivity index (χ4n) is 3.81. The van der Waals surface area contributed by atoms with Crippen LogP contribution in [0.4, 0.5) is 0 Å². The second-order valence-corrected chi connectivity index (χ2v) is 7.42. The van der Waals surface area contributed by atoms with Crippen molar-refractivity contribution in [3.05, 3.63) is 70.2 Å². The summed E-state index contributed by atoms with van der Waals surface area (Å²) in [4.78, 5) is 29.0. The molecule has 6 heteroatoms. The van der Waals surface area contributed by atoms with Crippen LogP contribution in [-0.4, -0.2) is 40.4 Å².